The molecule has 0 radical (unpaired) electrons. The van der Waals surface area contributed by atoms with Crippen LogP contribution in [0.1, 0.15) is 17.0 Å². The van der Waals surface area contributed by atoms with E-state index in [0.29, 0.717) is 26.2 Å². The van der Waals surface area contributed by atoms with E-state index < -0.39 is 16.7 Å². The normalized spacial score (nSPS) is 14.1. The summed E-state index contributed by atoms with van der Waals surface area (Å²) in [4.78, 5) is 42.2. The van der Waals surface area contributed by atoms with Gasteiger partial charge in [0.1, 0.15) is 10.7 Å². The Bertz CT molecular complexity index is 814. The largest absolute Gasteiger partial charge is 0.433 e. The highest BCUT2D eigenvalue weighted by Crippen LogP contribution is 2.15. The van der Waals surface area contributed by atoms with E-state index in [4.69, 9.17) is 4.42 Å². The lowest BCUT2D eigenvalue weighted by Crippen LogP contribution is -2.49. The van der Waals surface area contributed by atoms with Crippen LogP contribution in [-0.2, 0) is 4.79 Å². The van der Waals surface area contributed by atoms with Crippen LogP contribution in [0.15, 0.2) is 40.9 Å². The lowest BCUT2D eigenvalue weighted by Gasteiger charge is -2.35. The van der Waals surface area contributed by atoms with Gasteiger partial charge in [0.05, 0.1) is 6.07 Å². The highest BCUT2D eigenvalue weighted by molar-refractivity contribution is 5.92. The van der Waals surface area contributed by atoms with Crippen molar-refractivity contribution in [1.82, 2.24) is 15.2 Å². The standard InChI is InChI=1S/C17H19N5O5/c23-15(6-8-19-17(24)13-4-5-16(27-13)22(25)26)21-11-9-20(10-12-21)14-3-1-2-7-18-14/h1-5,7H,6,8-12H2,(H,19,24). The Balaban J connectivity index is 1.41. The number of furan rings is 1. The molecular formula is C17H19N5O5. The Morgan fingerprint density at radius 1 is 1.19 bits per heavy atom. The number of aromatic nitrogens is 1. The quantitative estimate of drug-likeness (QED) is 0.593. The molecule has 2 aromatic rings. The van der Waals surface area contributed by atoms with E-state index >= 15 is 0 Å². The van der Waals surface area contributed by atoms with Gasteiger partial charge in [0, 0.05) is 45.3 Å². The molecule has 0 aromatic carbocycles. The van der Waals surface area contributed by atoms with Gasteiger partial charge in [-0.15, -0.1) is 0 Å². The van der Waals surface area contributed by atoms with Gasteiger partial charge in [-0.3, -0.25) is 19.7 Å². The number of nitrogens with one attached hydrogen (secondary N) is 1. The molecular weight excluding hydrogens is 354 g/mol. The molecule has 1 saturated heterocycles. The maximum Gasteiger partial charge on any atom is 0.433 e. The zero-order valence-corrected chi connectivity index (χ0v) is 14.5. The summed E-state index contributed by atoms with van der Waals surface area (Å²) in [5, 5.41) is 13.1. The molecule has 3 heterocycles. The fourth-order valence-electron chi connectivity index (χ4n) is 2.80. The van der Waals surface area contributed by atoms with Crippen LogP contribution in [-0.4, -0.2) is 59.3 Å². The molecule has 2 amide bonds. The van der Waals surface area contributed by atoms with Crippen molar-refractivity contribution in [2.75, 3.05) is 37.6 Å². The van der Waals surface area contributed by atoms with E-state index in [2.05, 4.69) is 15.2 Å². The van der Waals surface area contributed by atoms with E-state index in [1.807, 2.05) is 18.2 Å². The second-order valence-corrected chi connectivity index (χ2v) is 5.96. The molecule has 1 fully saturated rings. The first-order valence-corrected chi connectivity index (χ1v) is 8.51. The number of hydrogen-bond acceptors (Lipinski definition) is 7. The topological polar surface area (TPSA) is 122 Å². The Morgan fingerprint density at radius 2 is 1.96 bits per heavy atom. The third kappa shape index (κ3) is 4.60. The summed E-state index contributed by atoms with van der Waals surface area (Å²) >= 11 is 0. The molecule has 3 rings (SSSR count). The van der Waals surface area contributed by atoms with E-state index in [1.165, 1.54) is 6.07 Å². The first-order chi connectivity index (χ1) is 13.0. The SMILES string of the molecule is O=C(NCCC(=O)N1CCN(c2ccccn2)CC1)c1ccc([N+](=O)[O-])o1. The number of amides is 2. The van der Waals surface area contributed by atoms with Crippen LogP contribution in [0.3, 0.4) is 0 Å². The van der Waals surface area contributed by atoms with Gasteiger partial charge >= 0.3 is 5.88 Å². The first-order valence-electron chi connectivity index (χ1n) is 8.51. The fourth-order valence-corrected chi connectivity index (χ4v) is 2.80. The Kier molecular flexibility index (Phi) is 5.64. The average molecular weight is 373 g/mol. The number of anilines is 1. The lowest BCUT2D eigenvalue weighted by molar-refractivity contribution is -0.402. The predicted molar refractivity (Wildman–Crippen MR) is 95.3 cm³/mol. The maximum absolute atomic E-state index is 12.3. The van der Waals surface area contributed by atoms with Crippen molar-refractivity contribution in [3.05, 3.63) is 52.4 Å². The molecule has 1 aliphatic heterocycles. The maximum atomic E-state index is 12.3. The summed E-state index contributed by atoms with van der Waals surface area (Å²) in [7, 11) is 0. The molecule has 0 saturated carbocycles. The molecule has 10 heteroatoms. The number of piperazine rings is 1. The van der Waals surface area contributed by atoms with Crippen LogP contribution in [0, 0.1) is 10.1 Å². The van der Waals surface area contributed by atoms with Gasteiger partial charge in [0.2, 0.25) is 5.91 Å². The zero-order chi connectivity index (χ0) is 19.2. The molecule has 142 valence electrons. The molecule has 0 spiro atoms. The summed E-state index contributed by atoms with van der Waals surface area (Å²) in [6.45, 7) is 2.71. The van der Waals surface area contributed by atoms with Crippen LogP contribution in [0.25, 0.3) is 0 Å². The molecule has 0 aliphatic carbocycles. The Labute approximate surface area is 154 Å². The van der Waals surface area contributed by atoms with Crippen molar-refractivity contribution in [1.29, 1.82) is 0 Å². The van der Waals surface area contributed by atoms with E-state index in [-0.39, 0.29) is 24.6 Å². The molecule has 27 heavy (non-hydrogen) atoms. The molecule has 1 aliphatic rings. The molecule has 1 N–H and O–H groups in total. The van der Waals surface area contributed by atoms with Crippen LogP contribution < -0.4 is 10.2 Å². The average Bonchev–Trinajstić information content (AvgIpc) is 3.19. The van der Waals surface area contributed by atoms with Crippen LogP contribution in [0.4, 0.5) is 11.7 Å². The van der Waals surface area contributed by atoms with Crippen molar-refractivity contribution in [2.24, 2.45) is 0 Å². The van der Waals surface area contributed by atoms with Crippen molar-refractivity contribution in [3.63, 3.8) is 0 Å². The van der Waals surface area contributed by atoms with Crippen molar-refractivity contribution < 1.29 is 18.9 Å². The van der Waals surface area contributed by atoms with E-state index in [1.54, 1.807) is 11.1 Å². The molecule has 0 bridgehead atoms. The first kappa shape index (κ1) is 18.4. The van der Waals surface area contributed by atoms with Gasteiger partial charge in [-0.05, 0) is 18.2 Å². The number of nitrogens with zero attached hydrogens (tertiary/aromatic N) is 4. The summed E-state index contributed by atoms with van der Waals surface area (Å²) < 4.78 is 4.82. The van der Waals surface area contributed by atoms with Gasteiger partial charge in [-0.2, -0.15) is 0 Å². The van der Waals surface area contributed by atoms with E-state index in [9.17, 15) is 19.7 Å². The Hall–Kier alpha value is -3.43. The molecule has 0 atom stereocenters. The molecule has 2 aromatic heterocycles. The summed E-state index contributed by atoms with van der Waals surface area (Å²) in [5.41, 5.74) is 0. The summed E-state index contributed by atoms with van der Waals surface area (Å²) in [6, 6.07) is 8.06. The zero-order valence-electron chi connectivity index (χ0n) is 14.5. The highest BCUT2D eigenvalue weighted by atomic mass is 16.6. The number of carbonyl (C=O) groups excluding carboxylic acids is 2. The Morgan fingerprint density at radius 3 is 2.59 bits per heavy atom. The lowest BCUT2D eigenvalue weighted by atomic mass is 10.2. The number of carbonyl (C=O) groups is 2. The second kappa shape index (κ2) is 8.30. The molecule has 0 unspecified atom stereocenters. The highest BCUT2D eigenvalue weighted by Gasteiger charge is 2.22. The van der Waals surface area contributed by atoms with Crippen molar-refractivity contribution in [2.45, 2.75) is 6.42 Å². The van der Waals surface area contributed by atoms with E-state index in [0.717, 1.165) is 11.9 Å². The smallest absolute Gasteiger partial charge is 0.395 e. The van der Waals surface area contributed by atoms with Gasteiger partial charge < -0.3 is 19.5 Å². The predicted octanol–water partition coefficient (Wildman–Crippen LogP) is 1.05. The van der Waals surface area contributed by atoms with Gasteiger partial charge in [-0.25, -0.2) is 4.98 Å². The second-order valence-electron chi connectivity index (χ2n) is 5.96. The number of pyridine rings is 1. The monoisotopic (exact) mass is 373 g/mol. The van der Waals surface area contributed by atoms with Crippen molar-refractivity contribution in [3.8, 4) is 0 Å². The summed E-state index contributed by atoms with van der Waals surface area (Å²) in [5.74, 6) is -0.401. The minimum absolute atomic E-state index is 0.0543. The summed E-state index contributed by atoms with van der Waals surface area (Å²) in [6.07, 6.45) is 1.89. The van der Waals surface area contributed by atoms with Crippen molar-refractivity contribution >= 4 is 23.5 Å². The fraction of sp³-hybridized carbons (Fsp3) is 0.353. The molecule has 10 nitrogen and oxygen atoms in total. The minimum Gasteiger partial charge on any atom is -0.395 e. The third-order valence-corrected chi connectivity index (χ3v) is 4.23. The minimum atomic E-state index is -0.717. The number of rotatable bonds is 6. The van der Waals surface area contributed by atoms with Gasteiger partial charge in [0.15, 0.2) is 5.76 Å². The number of nitro groups is 1. The van der Waals surface area contributed by atoms with Gasteiger partial charge in [-0.1, -0.05) is 6.07 Å². The van der Waals surface area contributed by atoms with Crippen LogP contribution in [0.5, 0.6) is 0 Å². The van der Waals surface area contributed by atoms with Gasteiger partial charge in [0.25, 0.3) is 5.91 Å². The number of hydrogen-bond donors (Lipinski definition) is 1. The van der Waals surface area contributed by atoms with Crippen LogP contribution in [0.2, 0.25) is 0 Å². The van der Waals surface area contributed by atoms with Crippen LogP contribution >= 0.6 is 0 Å². The third-order valence-electron chi connectivity index (χ3n) is 4.23.